The Balaban J connectivity index is 2.93. The minimum atomic E-state index is 0.303. The van der Waals surface area contributed by atoms with Gasteiger partial charge in [0.15, 0.2) is 0 Å². The van der Waals surface area contributed by atoms with Crippen LogP contribution < -0.4 is 0 Å². The number of rotatable bonds is 2. The van der Waals surface area contributed by atoms with Crippen molar-refractivity contribution in [1.82, 2.24) is 0 Å². The summed E-state index contributed by atoms with van der Waals surface area (Å²) in [4.78, 5) is 0. The summed E-state index contributed by atoms with van der Waals surface area (Å²) in [5, 5.41) is 0. The summed E-state index contributed by atoms with van der Waals surface area (Å²) in [6, 6.07) is 11.3. The van der Waals surface area contributed by atoms with Crippen LogP contribution in [0.25, 0.3) is 0 Å². The first-order valence-corrected chi connectivity index (χ1v) is 4.13. The predicted octanol–water partition coefficient (Wildman–Crippen LogP) is 3.17. The Morgan fingerprint density at radius 3 is 2.64 bits per heavy atom. The van der Waals surface area contributed by atoms with Gasteiger partial charge in [-0.25, -0.2) is 0 Å². The fourth-order valence-electron chi connectivity index (χ4n) is 1.02. The molecule has 0 bridgehead atoms. The first kappa shape index (κ1) is 8.32. The molecule has 59 valence electrons. The molecule has 1 aromatic rings. The third-order valence-corrected chi connectivity index (χ3v) is 2.37. The van der Waals surface area contributed by atoms with Gasteiger partial charge in [-0.15, -0.1) is 0 Å². The molecule has 1 radical (unpaired) electrons. The molecule has 1 rings (SSSR count). The van der Waals surface area contributed by atoms with Crippen LogP contribution in [0.2, 0.25) is 0 Å². The molecule has 0 heterocycles. The maximum atomic E-state index is 3.10. The Kier molecular flexibility index (Phi) is 2.33. The molecule has 0 fully saturated rings. The van der Waals surface area contributed by atoms with Crippen molar-refractivity contribution in [3.05, 3.63) is 35.9 Å². The topological polar surface area (TPSA) is 0 Å². The second-order valence-corrected chi connectivity index (χ2v) is 3.53. The molecule has 0 nitrogen and oxygen atoms in total. The van der Waals surface area contributed by atoms with Crippen molar-refractivity contribution in [1.29, 1.82) is 0 Å². The van der Waals surface area contributed by atoms with Crippen LogP contribution in [0.5, 0.6) is 0 Å². The third kappa shape index (κ3) is 1.83. The van der Waals surface area contributed by atoms with Crippen LogP contribution in [0.1, 0.15) is 32.8 Å². The molecule has 0 aliphatic carbocycles. The molecule has 0 saturated heterocycles. The minimum absolute atomic E-state index is 0.303. The van der Waals surface area contributed by atoms with Crippen LogP contribution in [0, 0.1) is 6.07 Å². The smallest absolute Gasteiger partial charge is 0.0106 e. The van der Waals surface area contributed by atoms with Gasteiger partial charge >= 0.3 is 0 Å². The lowest BCUT2D eigenvalue weighted by Crippen LogP contribution is -2.14. The van der Waals surface area contributed by atoms with E-state index in [0.29, 0.717) is 5.41 Å². The van der Waals surface area contributed by atoms with Gasteiger partial charge in [-0.2, -0.15) is 0 Å². The largest absolute Gasteiger partial charge is 0.0646 e. The SMILES string of the molecule is CCC(C)(C)c1c[c]ccc1. The van der Waals surface area contributed by atoms with Gasteiger partial charge in [-0.05, 0) is 23.5 Å². The molecule has 0 saturated carbocycles. The van der Waals surface area contributed by atoms with Gasteiger partial charge in [0, 0.05) is 0 Å². The molecule has 0 N–H and O–H groups in total. The highest BCUT2D eigenvalue weighted by molar-refractivity contribution is 5.22. The summed E-state index contributed by atoms with van der Waals surface area (Å²) in [6.07, 6.45) is 1.17. The first-order valence-electron chi connectivity index (χ1n) is 4.13. The molecule has 1 aromatic carbocycles. The molecular formula is C11H15. The van der Waals surface area contributed by atoms with Gasteiger partial charge in [0.1, 0.15) is 0 Å². The predicted molar refractivity (Wildman–Crippen MR) is 48.6 cm³/mol. The van der Waals surface area contributed by atoms with Gasteiger partial charge in [0.05, 0.1) is 0 Å². The normalized spacial score (nSPS) is 11.5. The van der Waals surface area contributed by atoms with Gasteiger partial charge in [0.25, 0.3) is 0 Å². The van der Waals surface area contributed by atoms with Crippen molar-refractivity contribution in [2.75, 3.05) is 0 Å². The van der Waals surface area contributed by atoms with Crippen molar-refractivity contribution in [3.8, 4) is 0 Å². The molecule has 0 aliphatic rings. The average Bonchev–Trinajstić information content (AvgIpc) is 2.06. The van der Waals surface area contributed by atoms with Crippen LogP contribution >= 0.6 is 0 Å². The van der Waals surface area contributed by atoms with Gasteiger partial charge in [-0.3, -0.25) is 0 Å². The molecule has 11 heavy (non-hydrogen) atoms. The molecule has 0 amide bonds. The Morgan fingerprint density at radius 2 is 2.18 bits per heavy atom. The average molecular weight is 147 g/mol. The van der Waals surface area contributed by atoms with E-state index in [-0.39, 0.29) is 0 Å². The summed E-state index contributed by atoms with van der Waals surface area (Å²) in [7, 11) is 0. The van der Waals surface area contributed by atoms with Crippen LogP contribution in [0.4, 0.5) is 0 Å². The molecule has 0 unspecified atom stereocenters. The lowest BCUT2D eigenvalue weighted by molar-refractivity contribution is 0.506. The Labute approximate surface area is 69.3 Å². The number of benzene rings is 1. The summed E-state index contributed by atoms with van der Waals surface area (Å²) in [5.41, 5.74) is 1.68. The highest BCUT2D eigenvalue weighted by Crippen LogP contribution is 2.25. The fourth-order valence-corrected chi connectivity index (χ4v) is 1.02. The van der Waals surface area contributed by atoms with E-state index in [1.807, 2.05) is 12.1 Å². The zero-order valence-electron chi connectivity index (χ0n) is 7.52. The Morgan fingerprint density at radius 1 is 1.45 bits per heavy atom. The van der Waals surface area contributed by atoms with Crippen LogP contribution in [-0.4, -0.2) is 0 Å². The maximum Gasteiger partial charge on any atom is -0.0106 e. The highest BCUT2D eigenvalue weighted by Gasteiger charge is 2.16. The van der Waals surface area contributed by atoms with Crippen LogP contribution in [-0.2, 0) is 5.41 Å². The Bertz CT molecular complexity index is 209. The number of hydrogen-bond acceptors (Lipinski definition) is 0. The van der Waals surface area contributed by atoms with E-state index in [0.717, 1.165) is 0 Å². The quantitative estimate of drug-likeness (QED) is 0.602. The van der Waals surface area contributed by atoms with Crippen molar-refractivity contribution in [2.45, 2.75) is 32.6 Å². The third-order valence-electron chi connectivity index (χ3n) is 2.37. The van der Waals surface area contributed by atoms with Crippen molar-refractivity contribution in [3.63, 3.8) is 0 Å². The van der Waals surface area contributed by atoms with E-state index in [9.17, 15) is 0 Å². The molecule has 0 heteroatoms. The van der Waals surface area contributed by atoms with E-state index < -0.39 is 0 Å². The van der Waals surface area contributed by atoms with Gasteiger partial charge in [0.2, 0.25) is 0 Å². The maximum absolute atomic E-state index is 3.10. The summed E-state index contributed by atoms with van der Waals surface area (Å²) >= 11 is 0. The minimum Gasteiger partial charge on any atom is -0.0646 e. The molecule has 0 spiro atoms. The Hall–Kier alpha value is -0.780. The first-order chi connectivity index (χ1) is 5.17. The van der Waals surface area contributed by atoms with E-state index in [4.69, 9.17) is 0 Å². The van der Waals surface area contributed by atoms with E-state index in [2.05, 4.69) is 39.0 Å². The molecule has 0 aromatic heterocycles. The lowest BCUT2D eigenvalue weighted by atomic mass is 9.82. The van der Waals surface area contributed by atoms with Gasteiger partial charge < -0.3 is 0 Å². The van der Waals surface area contributed by atoms with E-state index in [1.165, 1.54) is 12.0 Å². The second kappa shape index (κ2) is 3.08. The number of hydrogen-bond donors (Lipinski definition) is 0. The highest BCUT2D eigenvalue weighted by atomic mass is 14.2. The van der Waals surface area contributed by atoms with E-state index >= 15 is 0 Å². The van der Waals surface area contributed by atoms with Crippen molar-refractivity contribution < 1.29 is 0 Å². The lowest BCUT2D eigenvalue weighted by Gasteiger charge is -2.22. The molecule has 0 atom stereocenters. The van der Waals surface area contributed by atoms with E-state index in [1.54, 1.807) is 0 Å². The zero-order chi connectivity index (χ0) is 8.32. The van der Waals surface area contributed by atoms with Crippen molar-refractivity contribution >= 4 is 0 Å². The summed E-state index contributed by atoms with van der Waals surface area (Å²) in [6.45, 7) is 6.74. The van der Waals surface area contributed by atoms with Crippen molar-refractivity contribution in [2.24, 2.45) is 0 Å². The van der Waals surface area contributed by atoms with Gasteiger partial charge in [-0.1, -0.05) is 45.0 Å². The second-order valence-electron chi connectivity index (χ2n) is 3.53. The molecular weight excluding hydrogens is 132 g/mol. The van der Waals surface area contributed by atoms with Crippen LogP contribution in [0.15, 0.2) is 24.3 Å². The zero-order valence-corrected chi connectivity index (χ0v) is 7.52. The summed E-state index contributed by atoms with van der Waals surface area (Å²) in [5.74, 6) is 0. The van der Waals surface area contributed by atoms with Crippen LogP contribution in [0.3, 0.4) is 0 Å². The molecule has 0 aliphatic heterocycles. The fraction of sp³-hybridized carbons (Fsp3) is 0.455. The summed E-state index contributed by atoms with van der Waals surface area (Å²) < 4.78 is 0. The monoisotopic (exact) mass is 147 g/mol. The standard InChI is InChI=1S/C11H15/c1-4-11(2,3)10-8-6-5-7-9-10/h5-6,8-9H,4H2,1-3H3.